The summed E-state index contributed by atoms with van der Waals surface area (Å²) >= 11 is 0. The Balaban J connectivity index is 2.32. The number of hydrogen-bond acceptors (Lipinski definition) is 6. The van der Waals surface area contributed by atoms with Gasteiger partial charge in [-0.3, -0.25) is 0 Å². The maximum Gasteiger partial charge on any atom is 0.242 e. The molecule has 0 aliphatic rings. The van der Waals surface area contributed by atoms with Crippen LogP contribution < -0.4 is 10.0 Å². The van der Waals surface area contributed by atoms with Gasteiger partial charge in [0.25, 0.3) is 0 Å². The van der Waals surface area contributed by atoms with E-state index in [4.69, 9.17) is 0 Å². The van der Waals surface area contributed by atoms with Crippen molar-refractivity contribution in [3.8, 4) is 0 Å². The lowest BCUT2D eigenvalue weighted by atomic mass is 10.3. The highest BCUT2D eigenvalue weighted by molar-refractivity contribution is 7.89. The summed E-state index contributed by atoms with van der Waals surface area (Å²) in [4.78, 5) is 0.0737. The summed E-state index contributed by atoms with van der Waals surface area (Å²) in [6, 6.07) is 4.75. The Labute approximate surface area is 105 Å². The molecule has 2 aromatic rings. The normalized spacial score (nSPS) is 13.9. The molecule has 0 radical (unpaired) electrons. The van der Waals surface area contributed by atoms with Gasteiger partial charge >= 0.3 is 0 Å². The molecular formula is C10H14N4O3S. The Morgan fingerprint density at radius 1 is 1.39 bits per heavy atom. The van der Waals surface area contributed by atoms with E-state index in [0.29, 0.717) is 12.1 Å². The Morgan fingerprint density at radius 3 is 2.89 bits per heavy atom. The average molecular weight is 270 g/mol. The summed E-state index contributed by atoms with van der Waals surface area (Å²) < 4.78 is 31.3. The van der Waals surface area contributed by atoms with Crippen molar-refractivity contribution >= 4 is 21.1 Å². The number of nitrogens with zero attached hydrogens (tertiary/aromatic N) is 2. The molecule has 0 saturated heterocycles. The summed E-state index contributed by atoms with van der Waals surface area (Å²) in [6.07, 6.45) is 0. The van der Waals surface area contributed by atoms with Crippen molar-refractivity contribution in [3.63, 3.8) is 0 Å². The highest BCUT2D eigenvalue weighted by atomic mass is 32.2. The maximum atomic E-state index is 12.1. The molecule has 1 atom stereocenters. The van der Waals surface area contributed by atoms with E-state index >= 15 is 0 Å². The molecule has 1 aromatic carbocycles. The molecule has 2 rings (SSSR count). The van der Waals surface area contributed by atoms with Crippen LogP contribution in [0.5, 0.6) is 0 Å². The van der Waals surface area contributed by atoms with Crippen LogP contribution in [0.4, 0.5) is 0 Å². The molecule has 98 valence electrons. The lowest BCUT2D eigenvalue weighted by Crippen LogP contribution is -2.37. The summed E-state index contributed by atoms with van der Waals surface area (Å²) in [5.41, 5.74) is 0.654. The van der Waals surface area contributed by atoms with Crippen molar-refractivity contribution in [3.05, 3.63) is 18.2 Å². The van der Waals surface area contributed by atoms with Crippen molar-refractivity contribution < 1.29 is 13.0 Å². The molecule has 0 saturated carbocycles. The van der Waals surface area contributed by atoms with E-state index in [2.05, 4.69) is 25.0 Å². The fourth-order valence-electron chi connectivity index (χ4n) is 1.41. The molecule has 18 heavy (non-hydrogen) atoms. The summed E-state index contributed by atoms with van der Waals surface area (Å²) in [6.45, 7) is 2.17. The highest BCUT2D eigenvalue weighted by Gasteiger charge is 2.20. The van der Waals surface area contributed by atoms with E-state index in [1.54, 1.807) is 19.2 Å². The number of aromatic nitrogens is 2. The van der Waals surface area contributed by atoms with Gasteiger partial charge in [-0.25, -0.2) is 17.8 Å². The van der Waals surface area contributed by atoms with Crippen molar-refractivity contribution in [1.29, 1.82) is 0 Å². The molecule has 0 aliphatic carbocycles. The van der Waals surface area contributed by atoms with Crippen LogP contribution >= 0.6 is 0 Å². The van der Waals surface area contributed by atoms with Crippen molar-refractivity contribution in [2.75, 3.05) is 13.6 Å². The number of likely N-dealkylation sites (N-methyl/N-ethyl adjacent to an activating group) is 1. The van der Waals surface area contributed by atoms with Crippen molar-refractivity contribution in [1.82, 2.24) is 20.4 Å². The summed E-state index contributed by atoms with van der Waals surface area (Å²) in [7, 11) is -1.85. The Morgan fingerprint density at radius 2 is 2.17 bits per heavy atom. The lowest BCUT2D eigenvalue weighted by molar-refractivity contribution is 0.315. The van der Waals surface area contributed by atoms with Gasteiger partial charge < -0.3 is 5.32 Å². The Bertz CT molecular complexity index is 637. The van der Waals surface area contributed by atoms with Crippen LogP contribution in [0.1, 0.15) is 6.92 Å². The average Bonchev–Trinajstić information content (AvgIpc) is 2.83. The van der Waals surface area contributed by atoms with Gasteiger partial charge in [0.05, 0.1) is 0 Å². The second kappa shape index (κ2) is 5.01. The van der Waals surface area contributed by atoms with Gasteiger partial charge in [-0.15, -0.1) is 0 Å². The van der Waals surface area contributed by atoms with Crippen molar-refractivity contribution in [2.45, 2.75) is 17.9 Å². The maximum absolute atomic E-state index is 12.1. The second-order valence-electron chi connectivity index (χ2n) is 3.93. The van der Waals surface area contributed by atoms with Gasteiger partial charge in [0.15, 0.2) is 5.52 Å². The van der Waals surface area contributed by atoms with Gasteiger partial charge in [0.1, 0.15) is 10.4 Å². The van der Waals surface area contributed by atoms with Gasteiger partial charge in [0, 0.05) is 12.6 Å². The molecule has 1 aromatic heterocycles. The van der Waals surface area contributed by atoms with E-state index in [-0.39, 0.29) is 16.5 Å². The molecule has 7 nitrogen and oxygen atoms in total. The molecule has 2 N–H and O–H groups in total. The zero-order chi connectivity index (χ0) is 13.2. The van der Waals surface area contributed by atoms with Crippen LogP contribution in [0.25, 0.3) is 11.0 Å². The van der Waals surface area contributed by atoms with Crippen LogP contribution in [0, 0.1) is 0 Å². The van der Waals surface area contributed by atoms with Crippen LogP contribution in [0.3, 0.4) is 0 Å². The first kappa shape index (κ1) is 12.9. The summed E-state index contributed by atoms with van der Waals surface area (Å²) in [5, 5.41) is 10.2. The third-order valence-electron chi connectivity index (χ3n) is 2.61. The molecular weight excluding hydrogens is 256 g/mol. The van der Waals surface area contributed by atoms with Crippen LogP contribution in [-0.2, 0) is 10.0 Å². The molecule has 1 heterocycles. The zero-order valence-electron chi connectivity index (χ0n) is 10.0. The zero-order valence-corrected chi connectivity index (χ0v) is 10.9. The van der Waals surface area contributed by atoms with E-state index < -0.39 is 10.0 Å². The smallest absolute Gasteiger partial charge is 0.242 e. The first-order valence-corrected chi connectivity index (χ1v) is 6.91. The van der Waals surface area contributed by atoms with Crippen molar-refractivity contribution in [2.24, 2.45) is 0 Å². The van der Waals surface area contributed by atoms with Crippen LogP contribution in [0.15, 0.2) is 27.7 Å². The number of benzene rings is 1. The van der Waals surface area contributed by atoms with E-state index in [0.717, 1.165) is 0 Å². The minimum Gasteiger partial charge on any atom is -0.316 e. The quantitative estimate of drug-likeness (QED) is 0.800. The first-order chi connectivity index (χ1) is 8.54. The number of rotatable bonds is 5. The minimum atomic E-state index is -3.61. The van der Waals surface area contributed by atoms with Crippen LogP contribution in [0.2, 0.25) is 0 Å². The molecule has 0 aliphatic heterocycles. The van der Waals surface area contributed by atoms with E-state index in [1.165, 1.54) is 6.07 Å². The Kier molecular flexibility index (Phi) is 3.60. The SMILES string of the molecule is CNC(C)CNS(=O)(=O)c1cccc2nonc12. The minimum absolute atomic E-state index is 0.0365. The van der Waals surface area contributed by atoms with E-state index in [9.17, 15) is 8.42 Å². The molecule has 0 amide bonds. The molecule has 0 fully saturated rings. The fraction of sp³-hybridized carbons (Fsp3) is 0.400. The molecule has 1 unspecified atom stereocenters. The molecule has 0 bridgehead atoms. The Hall–Kier alpha value is -1.51. The summed E-state index contributed by atoms with van der Waals surface area (Å²) in [5.74, 6) is 0. The fourth-order valence-corrected chi connectivity index (χ4v) is 2.69. The lowest BCUT2D eigenvalue weighted by Gasteiger charge is -2.11. The van der Waals surface area contributed by atoms with Gasteiger partial charge in [-0.2, -0.15) is 0 Å². The van der Waals surface area contributed by atoms with Gasteiger partial charge in [-0.1, -0.05) is 6.07 Å². The van der Waals surface area contributed by atoms with Crippen LogP contribution in [-0.4, -0.2) is 38.4 Å². The second-order valence-corrected chi connectivity index (χ2v) is 5.67. The standard InChI is InChI=1S/C10H14N4O3S/c1-7(11-2)6-12-18(15,16)9-5-3-4-8-10(9)14-17-13-8/h3-5,7,11-12H,6H2,1-2H3. The third-order valence-corrected chi connectivity index (χ3v) is 4.07. The number of nitrogens with one attached hydrogen (secondary N) is 2. The predicted molar refractivity (Wildman–Crippen MR) is 65.5 cm³/mol. The van der Waals surface area contributed by atoms with Gasteiger partial charge in [0.2, 0.25) is 10.0 Å². The predicted octanol–water partition coefficient (Wildman–Crippen LogP) is 0.109. The molecule has 8 heteroatoms. The number of sulfonamides is 1. The topological polar surface area (TPSA) is 97.1 Å². The third kappa shape index (κ3) is 2.50. The highest BCUT2D eigenvalue weighted by Crippen LogP contribution is 2.19. The number of fused-ring (bicyclic) bond motifs is 1. The first-order valence-electron chi connectivity index (χ1n) is 5.43. The number of hydrogen-bond donors (Lipinski definition) is 2. The largest absolute Gasteiger partial charge is 0.316 e. The molecule has 0 spiro atoms. The van der Waals surface area contributed by atoms with Gasteiger partial charge in [-0.05, 0) is 36.4 Å². The monoisotopic (exact) mass is 270 g/mol. The van der Waals surface area contributed by atoms with E-state index in [1.807, 2.05) is 6.92 Å².